The van der Waals surface area contributed by atoms with Gasteiger partial charge in [-0.05, 0) is 50.4 Å². The maximum atomic E-state index is 11.6. The number of furan rings is 1. The molecule has 0 spiro atoms. The van der Waals surface area contributed by atoms with Crippen molar-refractivity contribution in [3.05, 3.63) is 59.0 Å². The number of likely N-dealkylation sites (tertiary alicyclic amines) is 1. The molecule has 1 aromatic carbocycles. The summed E-state index contributed by atoms with van der Waals surface area (Å²) in [6.07, 6.45) is 1.49. The molecule has 0 amide bonds. The Balaban J connectivity index is 1.55. The maximum absolute atomic E-state index is 11.6. The molecule has 5 heteroatoms. The lowest BCUT2D eigenvalue weighted by Crippen LogP contribution is -2.35. The molecule has 0 radical (unpaired) electrons. The summed E-state index contributed by atoms with van der Waals surface area (Å²) in [7, 11) is 1.35. The fraction of sp³-hybridized carbons (Fsp3) is 0.450. The topological polar surface area (TPSA) is 62.9 Å². The number of benzene rings is 1. The van der Waals surface area contributed by atoms with Crippen LogP contribution in [-0.4, -0.2) is 36.2 Å². The van der Waals surface area contributed by atoms with Crippen molar-refractivity contribution in [2.75, 3.05) is 20.2 Å². The van der Waals surface area contributed by atoms with Gasteiger partial charge in [0.25, 0.3) is 0 Å². The Hall–Kier alpha value is -2.11. The highest BCUT2D eigenvalue weighted by Crippen LogP contribution is 2.31. The molecule has 0 aliphatic carbocycles. The number of piperidine rings is 1. The second-order valence-electron chi connectivity index (χ2n) is 6.69. The number of nitrogens with zero attached hydrogens (tertiary/aromatic N) is 1. The van der Waals surface area contributed by atoms with E-state index in [2.05, 4.69) is 4.90 Å². The normalized spacial score (nSPS) is 17.4. The van der Waals surface area contributed by atoms with Crippen molar-refractivity contribution in [1.82, 2.24) is 4.90 Å². The highest BCUT2D eigenvalue weighted by atomic mass is 16.5. The number of esters is 1. The number of carbonyl (C=O) groups excluding carboxylic acids is 1. The minimum atomic E-state index is -0.437. The van der Waals surface area contributed by atoms with Gasteiger partial charge in [-0.3, -0.25) is 4.90 Å². The molecule has 2 aromatic rings. The van der Waals surface area contributed by atoms with Gasteiger partial charge in [0.1, 0.15) is 5.76 Å². The average Bonchev–Trinajstić information content (AvgIpc) is 3.02. The fourth-order valence-corrected chi connectivity index (χ4v) is 3.49. The van der Waals surface area contributed by atoms with Crippen LogP contribution in [0.2, 0.25) is 0 Å². The van der Waals surface area contributed by atoms with E-state index in [0.717, 1.165) is 42.8 Å². The standard InChI is InChI=1S/C20H25NO4/c1-14-12-17(25-19(14)20(23)24-2)13-21-10-8-16(9-11-21)18(22)15-6-4-3-5-7-15/h3-7,12,16,18,22H,8-11,13H2,1-2H3/t18-/m1/s1. The lowest BCUT2D eigenvalue weighted by molar-refractivity contribution is 0.0520. The fourth-order valence-electron chi connectivity index (χ4n) is 3.49. The summed E-state index contributed by atoms with van der Waals surface area (Å²) in [4.78, 5) is 13.9. The molecule has 1 N–H and O–H groups in total. The summed E-state index contributed by atoms with van der Waals surface area (Å²) < 4.78 is 10.4. The molecule has 3 rings (SSSR count). The molecular weight excluding hydrogens is 318 g/mol. The van der Waals surface area contributed by atoms with E-state index in [1.54, 1.807) is 0 Å². The Kier molecular flexibility index (Phi) is 5.56. The molecule has 5 nitrogen and oxygen atoms in total. The summed E-state index contributed by atoms with van der Waals surface area (Å²) in [6, 6.07) is 11.8. The van der Waals surface area contributed by atoms with Crippen LogP contribution in [0.1, 0.15) is 46.4 Å². The average molecular weight is 343 g/mol. The predicted octanol–water partition coefficient (Wildman–Crippen LogP) is 3.32. The molecule has 0 unspecified atom stereocenters. The molecule has 1 fully saturated rings. The molecule has 1 aliphatic heterocycles. The van der Waals surface area contributed by atoms with Gasteiger partial charge in [0.15, 0.2) is 0 Å². The van der Waals surface area contributed by atoms with Crippen LogP contribution in [0.25, 0.3) is 0 Å². The summed E-state index contributed by atoms with van der Waals surface area (Å²) in [5, 5.41) is 10.6. The first-order valence-electron chi connectivity index (χ1n) is 8.71. The van der Waals surface area contributed by atoms with Gasteiger partial charge >= 0.3 is 5.97 Å². The molecule has 134 valence electrons. The summed E-state index contributed by atoms with van der Waals surface area (Å²) in [6.45, 7) is 4.33. The van der Waals surface area contributed by atoms with Crippen molar-refractivity contribution in [2.24, 2.45) is 5.92 Å². The Morgan fingerprint density at radius 2 is 2.00 bits per heavy atom. The number of methoxy groups -OCH3 is 1. The second kappa shape index (κ2) is 7.85. The molecule has 1 aromatic heterocycles. The quantitative estimate of drug-likeness (QED) is 0.844. The van der Waals surface area contributed by atoms with Crippen molar-refractivity contribution in [3.8, 4) is 0 Å². The maximum Gasteiger partial charge on any atom is 0.374 e. The van der Waals surface area contributed by atoms with E-state index in [1.807, 2.05) is 43.3 Å². The summed E-state index contributed by atoms with van der Waals surface area (Å²) in [5.74, 6) is 0.905. The van der Waals surface area contributed by atoms with Gasteiger partial charge in [-0.1, -0.05) is 30.3 Å². The zero-order valence-electron chi connectivity index (χ0n) is 14.8. The van der Waals surface area contributed by atoms with Crippen molar-refractivity contribution in [1.29, 1.82) is 0 Å². The number of carbonyl (C=O) groups is 1. The van der Waals surface area contributed by atoms with Crippen molar-refractivity contribution in [3.63, 3.8) is 0 Å². The third-order valence-corrected chi connectivity index (χ3v) is 4.94. The molecular formula is C20H25NO4. The number of hydrogen-bond donors (Lipinski definition) is 1. The Morgan fingerprint density at radius 1 is 1.32 bits per heavy atom. The molecule has 0 saturated carbocycles. The van der Waals surface area contributed by atoms with Gasteiger partial charge in [0.2, 0.25) is 5.76 Å². The monoisotopic (exact) mass is 343 g/mol. The Bertz CT molecular complexity index is 702. The molecule has 2 heterocycles. The number of aryl methyl sites for hydroxylation is 1. The molecule has 0 bridgehead atoms. The van der Waals surface area contributed by atoms with Gasteiger partial charge in [0.05, 0.1) is 19.8 Å². The van der Waals surface area contributed by atoms with E-state index in [9.17, 15) is 9.90 Å². The number of aliphatic hydroxyl groups is 1. The molecule has 1 atom stereocenters. The van der Waals surface area contributed by atoms with Crippen LogP contribution in [0.4, 0.5) is 0 Å². The molecule has 1 saturated heterocycles. The largest absolute Gasteiger partial charge is 0.463 e. The van der Waals surface area contributed by atoms with Crippen LogP contribution in [-0.2, 0) is 11.3 Å². The van der Waals surface area contributed by atoms with E-state index in [0.29, 0.717) is 6.54 Å². The van der Waals surface area contributed by atoms with Crippen LogP contribution in [0.15, 0.2) is 40.8 Å². The smallest absolute Gasteiger partial charge is 0.374 e. The lowest BCUT2D eigenvalue weighted by Gasteiger charge is -2.33. The second-order valence-corrected chi connectivity index (χ2v) is 6.69. The van der Waals surface area contributed by atoms with E-state index in [1.165, 1.54) is 7.11 Å². The number of hydrogen-bond acceptors (Lipinski definition) is 5. The Labute approximate surface area is 148 Å². The summed E-state index contributed by atoms with van der Waals surface area (Å²) >= 11 is 0. The van der Waals surface area contributed by atoms with E-state index in [4.69, 9.17) is 9.15 Å². The summed E-state index contributed by atoms with van der Waals surface area (Å²) in [5.41, 5.74) is 1.79. The van der Waals surface area contributed by atoms with Crippen LogP contribution < -0.4 is 0 Å². The van der Waals surface area contributed by atoms with Crippen LogP contribution >= 0.6 is 0 Å². The van der Waals surface area contributed by atoms with Crippen LogP contribution in [0.5, 0.6) is 0 Å². The van der Waals surface area contributed by atoms with Crippen molar-refractivity contribution >= 4 is 5.97 Å². The third-order valence-electron chi connectivity index (χ3n) is 4.94. The van der Waals surface area contributed by atoms with E-state index in [-0.39, 0.29) is 11.7 Å². The molecule has 1 aliphatic rings. The van der Waals surface area contributed by atoms with E-state index < -0.39 is 12.1 Å². The highest BCUT2D eigenvalue weighted by Gasteiger charge is 2.27. The first kappa shape index (κ1) is 17.7. The first-order valence-corrected chi connectivity index (χ1v) is 8.71. The van der Waals surface area contributed by atoms with Gasteiger partial charge in [-0.2, -0.15) is 0 Å². The third kappa shape index (κ3) is 4.11. The minimum Gasteiger partial charge on any atom is -0.463 e. The zero-order chi connectivity index (χ0) is 17.8. The SMILES string of the molecule is COC(=O)c1oc(CN2CCC([C@H](O)c3ccccc3)CC2)cc1C. The number of rotatable bonds is 5. The highest BCUT2D eigenvalue weighted by molar-refractivity contribution is 5.87. The lowest BCUT2D eigenvalue weighted by atomic mass is 9.87. The van der Waals surface area contributed by atoms with Gasteiger partial charge in [-0.25, -0.2) is 4.79 Å². The Morgan fingerprint density at radius 3 is 2.64 bits per heavy atom. The van der Waals surface area contributed by atoms with Gasteiger partial charge in [0, 0.05) is 5.56 Å². The zero-order valence-corrected chi connectivity index (χ0v) is 14.8. The first-order chi connectivity index (χ1) is 12.1. The molecule has 25 heavy (non-hydrogen) atoms. The van der Waals surface area contributed by atoms with Crippen LogP contribution in [0.3, 0.4) is 0 Å². The minimum absolute atomic E-state index is 0.280. The van der Waals surface area contributed by atoms with Crippen molar-refractivity contribution < 1.29 is 19.1 Å². The number of aliphatic hydroxyl groups excluding tert-OH is 1. The van der Waals surface area contributed by atoms with Gasteiger partial charge < -0.3 is 14.3 Å². The van der Waals surface area contributed by atoms with Crippen molar-refractivity contribution in [2.45, 2.75) is 32.4 Å². The van der Waals surface area contributed by atoms with E-state index >= 15 is 0 Å². The van der Waals surface area contributed by atoms with Crippen LogP contribution in [0, 0.1) is 12.8 Å². The number of ether oxygens (including phenoxy) is 1. The van der Waals surface area contributed by atoms with Gasteiger partial charge in [-0.15, -0.1) is 0 Å². The predicted molar refractivity (Wildman–Crippen MR) is 94.2 cm³/mol.